The second-order valence-electron chi connectivity index (χ2n) is 6.18. The Kier molecular flexibility index (Phi) is 3.44. The standard InChI is InChI=1S/C15H24N4/c1-12-13(10-16)11-17-14(18-12)19-8-6-15(7-9-19)4-2-3-5-15/h11H,2-10,16H2,1H3. The Bertz CT molecular complexity index is 441. The predicted molar refractivity (Wildman–Crippen MR) is 77.0 cm³/mol. The fourth-order valence-corrected chi connectivity index (χ4v) is 3.64. The number of nitrogens with two attached hydrogens (primary N) is 1. The summed E-state index contributed by atoms with van der Waals surface area (Å²) in [6.45, 7) is 4.77. The lowest BCUT2D eigenvalue weighted by atomic mass is 9.77. The van der Waals surface area contributed by atoms with Crippen LogP contribution in [0, 0.1) is 12.3 Å². The Morgan fingerprint density at radius 1 is 1.21 bits per heavy atom. The van der Waals surface area contributed by atoms with Crippen LogP contribution in [0.1, 0.15) is 49.8 Å². The van der Waals surface area contributed by atoms with E-state index in [1.165, 1.54) is 38.5 Å². The lowest BCUT2D eigenvalue weighted by Crippen LogP contribution is -2.39. The van der Waals surface area contributed by atoms with E-state index >= 15 is 0 Å². The van der Waals surface area contributed by atoms with Crippen LogP contribution in [0.2, 0.25) is 0 Å². The van der Waals surface area contributed by atoms with Crippen molar-refractivity contribution in [1.82, 2.24) is 9.97 Å². The topological polar surface area (TPSA) is 55.0 Å². The molecule has 0 aromatic carbocycles. The highest BCUT2D eigenvalue weighted by atomic mass is 15.3. The minimum absolute atomic E-state index is 0.523. The van der Waals surface area contributed by atoms with Crippen molar-refractivity contribution in [2.75, 3.05) is 18.0 Å². The van der Waals surface area contributed by atoms with Crippen molar-refractivity contribution in [1.29, 1.82) is 0 Å². The molecule has 1 aliphatic carbocycles. The van der Waals surface area contributed by atoms with Crippen LogP contribution >= 0.6 is 0 Å². The molecule has 0 bridgehead atoms. The summed E-state index contributed by atoms with van der Waals surface area (Å²) in [7, 11) is 0. The summed E-state index contributed by atoms with van der Waals surface area (Å²) in [5.74, 6) is 0.891. The first-order valence-electron chi connectivity index (χ1n) is 7.50. The molecule has 0 amide bonds. The van der Waals surface area contributed by atoms with Crippen molar-refractivity contribution in [3.05, 3.63) is 17.5 Å². The molecule has 2 aliphatic rings. The van der Waals surface area contributed by atoms with Gasteiger partial charge in [-0.15, -0.1) is 0 Å². The van der Waals surface area contributed by atoms with Crippen molar-refractivity contribution in [2.24, 2.45) is 11.1 Å². The van der Waals surface area contributed by atoms with Crippen molar-refractivity contribution in [2.45, 2.75) is 52.0 Å². The second-order valence-corrected chi connectivity index (χ2v) is 6.18. The number of hydrogen-bond donors (Lipinski definition) is 1. The van der Waals surface area contributed by atoms with Gasteiger partial charge in [-0.1, -0.05) is 12.8 Å². The third kappa shape index (κ3) is 2.46. The van der Waals surface area contributed by atoms with Gasteiger partial charge in [-0.3, -0.25) is 0 Å². The van der Waals surface area contributed by atoms with Crippen molar-refractivity contribution in [3.8, 4) is 0 Å². The van der Waals surface area contributed by atoms with Gasteiger partial charge in [-0.05, 0) is 38.0 Å². The maximum Gasteiger partial charge on any atom is 0.225 e. The third-order valence-corrected chi connectivity index (χ3v) is 5.06. The van der Waals surface area contributed by atoms with E-state index in [2.05, 4.69) is 14.9 Å². The van der Waals surface area contributed by atoms with Crippen LogP contribution in [0.4, 0.5) is 5.95 Å². The molecule has 1 spiro atoms. The van der Waals surface area contributed by atoms with Crippen molar-refractivity contribution >= 4 is 5.95 Å². The van der Waals surface area contributed by atoms with Gasteiger partial charge in [-0.25, -0.2) is 9.97 Å². The zero-order chi connectivity index (χ0) is 13.3. The fourth-order valence-electron chi connectivity index (χ4n) is 3.64. The van der Waals surface area contributed by atoms with Crippen LogP contribution < -0.4 is 10.6 Å². The van der Waals surface area contributed by atoms with E-state index in [0.29, 0.717) is 12.0 Å². The summed E-state index contributed by atoms with van der Waals surface area (Å²) >= 11 is 0. The lowest BCUT2D eigenvalue weighted by molar-refractivity contribution is 0.225. The molecule has 4 heteroatoms. The number of aromatic nitrogens is 2. The normalized spacial score (nSPS) is 22.1. The fraction of sp³-hybridized carbons (Fsp3) is 0.733. The zero-order valence-corrected chi connectivity index (χ0v) is 11.9. The Labute approximate surface area is 115 Å². The molecule has 0 atom stereocenters. The van der Waals surface area contributed by atoms with E-state index in [4.69, 9.17) is 5.73 Å². The minimum Gasteiger partial charge on any atom is -0.341 e. The molecule has 19 heavy (non-hydrogen) atoms. The van der Waals surface area contributed by atoms with Crippen LogP contribution in [-0.4, -0.2) is 23.1 Å². The zero-order valence-electron chi connectivity index (χ0n) is 11.9. The number of nitrogens with zero attached hydrogens (tertiary/aromatic N) is 3. The molecule has 3 rings (SSSR count). The molecular formula is C15H24N4. The molecular weight excluding hydrogens is 236 g/mol. The Balaban J connectivity index is 1.69. The maximum atomic E-state index is 5.66. The molecule has 2 heterocycles. The third-order valence-electron chi connectivity index (χ3n) is 5.06. The van der Waals surface area contributed by atoms with E-state index in [1.807, 2.05) is 13.1 Å². The quantitative estimate of drug-likeness (QED) is 0.887. The Morgan fingerprint density at radius 3 is 2.47 bits per heavy atom. The molecule has 1 aliphatic heterocycles. The minimum atomic E-state index is 0.523. The summed E-state index contributed by atoms with van der Waals surface area (Å²) in [5.41, 5.74) is 8.39. The monoisotopic (exact) mass is 260 g/mol. The lowest BCUT2D eigenvalue weighted by Gasteiger charge is -2.39. The van der Waals surface area contributed by atoms with Gasteiger partial charge in [-0.2, -0.15) is 0 Å². The van der Waals surface area contributed by atoms with Crippen molar-refractivity contribution < 1.29 is 0 Å². The summed E-state index contributed by atoms with van der Waals surface area (Å²) in [5, 5.41) is 0. The van der Waals surface area contributed by atoms with Crippen LogP contribution in [0.15, 0.2) is 6.20 Å². The summed E-state index contributed by atoms with van der Waals surface area (Å²) in [6.07, 6.45) is 10.3. The highest BCUT2D eigenvalue weighted by Crippen LogP contribution is 2.46. The van der Waals surface area contributed by atoms with Gasteiger partial charge in [0.15, 0.2) is 0 Å². The SMILES string of the molecule is Cc1nc(N2CCC3(CCCC3)CC2)ncc1CN. The molecule has 0 unspecified atom stereocenters. The molecule has 1 aromatic heterocycles. The van der Waals surface area contributed by atoms with Gasteiger partial charge in [0.25, 0.3) is 0 Å². The molecule has 2 N–H and O–H groups in total. The number of hydrogen-bond acceptors (Lipinski definition) is 4. The first-order valence-corrected chi connectivity index (χ1v) is 7.50. The van der Waals surface area contributed by atoms with Gasteiger partial charge < -0.3 is 10.6 Å². The van der Waals surface area contributed by atoms with Gasteiger partial charge in [0.05, 0.1) is 0 Å². The summed E-state index contributed by atoms with van der Waals surface area (Å²) < 4.78 is 0. The van der Waals surface area contributed by atoms with E-state index in [9.17, 15) is 0 Å². The highest BCUT2D eigenvalue weighted by molar-refractivity contribution is 5.33. The molecule has 0 radical (unpaired) electrons. The Hall–Kier alpha value is -1.16. The molecule has 4 nitrogen and oxygen atoms in total. The first-order chi connectivity index (χ1) is 9.22. The van der Waals surface area contributed by atoms with E-state index < -0.39 is 0 Å². The largest absolute Gasteiger partial charge is 0.341 e. The van der Waals surface area contributed by atoms with Crippen LogP contribution in [0.3, 0.4) is 0 Å². The molecule has 1 saturated carbocycles. The average molecular weight is 260 g/mol. The van der Waals surface area contributed by atoms with Gasteiger partial charge in [0.2, 0.25) is 5.95 Å². The van der Waals surface area contributed by atoms with Crippen LogP contribution in [0.5, 0.6) is 0 Å². The predicted octanol–water partition coefficient (Wildman–Crippen LogP) is 2.40. The highest BCUT2D eigenvalue weighted by Gasteiger charge is 2.37. The summed E-state index contributed by atoms with van der Waals surface area (Å²) in [6, 6.07) is 0. The van der Waals surface area contributed by atoms with E-state index in [0.717, 1.165) is 30.3 Å². The maximum absolute atomic E-state index is 5.66. The molecule has 1 aromatic rings. The van der Waals surface area contributed by atoms with Crippen molar-refractivity contribution in [3.63, 3.8) is 0 Å². The van der Waals surface area contributed by atoms with Gasteiger partial charge >= 0.3 is 0 Å². The molecule has 104 valence electrons. The number of piperidine rings is 1. The first kappa shape index (κ1) is 12.9. The van der Waals surface area contributed by atoms with Crippen LogP contribution in [-0.2, 0) is 6.54 Å². The number of aryl methyl sites for hydroxylation is 1. The summed E-state index contributed by atoms with van der Waals surface area (Å²) in [4.78, 5) is 11.4. The van der Waals surface area contributed by atoms with Gasteiger partial charge in [0, 0.05) is 37.1 Å². The van der Waals surface area contributed by atoms with E-state index in [-0.39, 0.29) is 0 Å². The molecule has 2 fully saturated rings. The average Bonchev–Trinajstić information content (AvgIpc) is 2.88. The number of rotatable bonds is 2. The Morgan fingerprint density at radius 2 is 1.89 bits per heavy atom. The van der Waals surface area contributed by atoms with Gasteiger partial charge in [0.1, 0.15) is 0 Å². The molecule has 1 saturated heterocycles. The second kappa shape index (κ2) is 5.08. The van der Waals surface area contributed by atoms with E-state index in [1.54, 1.807) is 0 Å². The smallest absolute Gasteiger partial charge is 0.225 e. The van der Waals surface area contributed by atoms with Crippen LogP contribution in [0.25, 0.3) is 0 Å². The number of anilines is 1.